The van der Waals surface area contributed by atoms with E-state index < -0.39 is 0 Å². The van der Waals surface area contributed by atoms with Gasteiger partial charge in [-0.1, -0.05) is 46.3 Å². The fraction of sp³-hybridized carbons (Fsp3) is 0.0588. The van der Waals surface area contributed by atoms with Crippen molar-refractivity contribution in [3.05, 3.63) is 70.3 Å². The van der Waals surface area contributed by atoms with Crippen molar-refractivity contribution in [1.29, 1.82) is 0 Å². The van der Waals surface area contributed by atoms with Gasteiger partial charge in [-0.2, -0.15) is 5.10 Å². The molecule has 0 spiro atoms. The summed E-state index contributed by atoms with van der Waals surface area (Å²) in [5, 5.41) is 5.06. The van der Waals surface area contributed by atoms with Gasteiger partial charge in [-0.25, -0.2) is 5.43 Å². The highest BCUT2D eigenvalue weighted by Crippen LogP contribution is 2.17. The zero-order valence-corrected chi connectivity index (χ0v) is 13.5. The Morgan fingerprint density at radius 1 is 1.14 bits per heavy atom. The number of carbonyl (C=O) groups is 1. The minimum Gasteiger partial charge on any atom is -0.360 e. The van der Waals surface area contributed by atoms with Gasteiger partial charge in [0.05, 0.1) is 11.3 Å². The van der Waals surface area contributed by atoms with Crippen LogP contribution in [0.15, 0.2) is 64.3 Å². The van der Waals surface area contributed by atoms with E-state index in [4.69, 9.17) is 0 Å². The van der Waals surface area contributed by atoms with Crippen molar-refractivity contribution < 1.29 is 4.79 Å². The summed E-state index contributed by atoms with van der Waals surface area (Å²) >= 11 is 3.39. The van der Waals surface area contributed by atoms with E-state index >= 15 is 0 Å². The summed E-state index contributed by atoms with van der Waals surface area (Å²) in [6.07, 6.45) is 1.70. The molecule has 0 radical (unpaired) electrons. The number of amides is 1. The molecular formula is C17H14BrN3O. The van der Waals surface area contributed by atoms with Gasteiger partial charge in [0.2, 0.25) is 0 Å². The van der Waals surface area contributed by atoms with Gasteiger partial charge in [0, 0.05) is 21.6 Å². The normalized spacial score (nSPS) is 11.6. The molecule has 0 unspecified atom stereocenters. The minimum absolute atomic E-state index is 0.228. The maximum atomic E-state index is 12.3. The Bertz CT molecular complexity index is 850. The molecule has 0 aliphatic heterocycles. The fourth-order valence-corrected chi connectivity index (χ4v) is 2.47. The second-order valence-corrected chi connectivity index (χ2v) is 5.81. The lowest BCUT2D eigenvalue weighted by atomic mass is 10.1. The first-order valence-corrected chi connectivity index (χ1v) is 7.61. The minimum atomic E-state index is -0.228. The van der Waals surface area contributed by atoms with E-state index in [0.717, 1.165) is 26.7 Å². The monoisotopic (exact) mass is 355 g/mol. The molecule has 0 fully saturated rings. The average molecular weight is 356 g/mol. The van der Waals surface area contributed by atoms with Crippen LogP contribution in [0.3, 0.4) is 0 Å². The van der Waals surface area contributed by atoms with Gasteiger partial charge >= 0.3 is 0 Å². The molecule has 22 heavy (non-hydrogen) atoms. The van der Waals surface area contributed by atoms with E-state index in [1.807, 2.05) is 55.5 Å². The SMILES string of the molecule is C/C(=N\NC(=O)c1c[nH]c2ccccc12)c1ccc(Br)cc1. The van der Waals surface area contributed by atoms with Gasteiger partial charge in [0.15, 0.2) is 0 Å². The molecular weight excluding hydrogens is 342 g/mol. The number of benzene rings is 2. The van der Waals surface area contributed by atoms with Crippen molar-refractivity contribution in [2.45, 2.75) is 6.92 Å². The number of hydrogen-bond acceptors (Lipinski definition) is 2. The standard InChI is InChI=1S/C17H14BrN3O/c1-11(12-6-8-13(18)9-7-12)20-21-17(22)15-10-19-16-5-3-2-4-14(15)16/h2-10,19H,1H3,(H,21,22)/b20-11+. The second kappa shape index (κ2) is 6.15. The largest absolute Gasteiger partial charge is 0.360 e. The summed E-state index contributed by atoms with van der Waals surface area (Å²) in [6.45, 7) is 1.86. The molecule has 1 amide bonds. The van der Waals surface area contributed by atoms with Gasteiger partial charge in [-0.15, -0.1) is 0 Å². The summed E-state index contributed by atoms with van der Waals surface area (Å²) in [6, 6.07) is 15.4. The number of H-pyrrole nitrogens is 1. The molecule has 5 heteroatoms. The van der Waals surface area contributed by atoms with Crippen LogP contribution in [0.4, 0.5) is 0 Å². The third-order valence-electron chi connectivity index (χ3n) is 3.42. The van der Waals surface area contributed by atoms with E-state index in [-0.39, 0.29) is 5.91 Å². The Labute approximate surface area is 136 Å². The van der Waals surface area contributed by atoms with Gasteiger partial charge < -0.3 is 4.98 Å². The number of fused-ring (bicyclic) bond motifs is 1. The zero-order chi connectivity index (χ0) is 15.5. The lowest BCUT2D eigenvalue weighted by Crippen LogP contribution is -2.19. The predicted molar refractivity (Wildman–Crippen MR) is 92.1 cm³/mol. The highest BCUT2D eigenvalue weighted by molar-refractivity contribution is 9.10. The van der Waals surface area contributed by atoms with Gasteiger partial charge in [0.25, 0.3) is 5.91 Å². The number of hydrogen-bond donors (Lipinski definition) is 2. The molecule has 110 valence electrons. The number of rotatable bonds is 3. The third kappa shape index (κ3) is 2.94. The molecule has 0 saturated heterocycles. The first-order chi connectivity index (χ1) is 10.6. The third-order valence-corrected chi connectivity index (χ3v) is 3.95. The van der Waals surface area contributed by atoms with Crippen LogP contribution in [0.5, 0.6) is 0 Å². The van der Waals surface area contributed by atoms with Gasteiger partial charge in [-0.05, 0) is 30.7 Å². The molecule has 3 aromatic rings. The van der Waals surface area contributed by atoms with Gasteiger partial charge in [-0.3, -0.25) is 4.79 Å². The lowest BCUT2D eigenvalue weighted by molar-refractivity contribution is 0.0956. The molecule has 0 saturated carbocycles. The Morgan fingerprint density at radius 2 is 1.86 bits per heavy atom. The molecule has 4 nitrogen and oxygen atoms in total. The summed E-state index contributed by atoms with van der Waals surface area (Å²) in [5.41, 5.74) is 5.84. The van der Waals surface area contributed by atoms with Crippen molar-refractivity contribution in [3.63, 3.8) is 0 Å². The highest BCUT2D eigenvalue weighted by atomic mass is 79.9. The van der Waals surface area contributed by atoms with Crippen LogP contribution in [0.25, 0.3) is 10.9 Å². The molecule has 0 aliphatic carbocycles. The molecule has 0 atom stereocenters. The summed E-state index contributed by atoms with van der Waals surface area (Å²) in [7, 11) is 0. The topological polar surface area (TPSA) is 57.2 Å². The van der Waals surface area contributed by atoms with E-state index in [1.54, 1.807) is 6.20 Å². The highest BCUT2D eigenvalue weighted by Gasteiger charge is 2.10. The average Bonchev–Trinajstić information content (AvgIpc) is 2.97. The van der Waals surface area contributed by atoms with Crippen LogP contribution in [0.2, 0.25) is 0 Å². The van der Waals surface area contributed by atoms with Crippen LogP contribution in [0.1, 0.15) is 22.8 Å². The lowest BCUT2D eigenvalue weighted by Gasteiger charge is -2.03. The molecule has 3 rings (SSSR count). The molecule has 2 aromatic carbocycles. The van der Waals surface area contributed by atoms with Gasteiger partial charge in [0.1, 0.15) is 0 Å². The number of nitrogens with one attached hydrogen (secondary N) is 2. The smallest absolute Gasteiger partial charge is 0.273 e. The summed E-state index contributed by atoms with van der Waals surface area (Å²) in [5.74, 6) is -0.228. The van der Waals surface area contributed by atoms with E-state index in [9.17, 15) is 4.79 Å². The predicted octanol–water partition coefficient (Wildman–Crippen LogP) is 4.08. The Morgan fingerprint density at radius 3 is 2.64 bits per heavy atom. The second-order valence-electron chi connectivity index (χ2n) is 4.89. The van der Waals surface area contributed by atoms with E-state index in [0.29, 0.717) is 5.56 Å². The maximum Gasteiger partial charge on any atom is 0.273 e. The Balaban J connectivity index is 1.79. The maximum absolute atomic E-state index is 12.3. The number of halogens is 1. The number of hydrazone groups is 1. The molecule has 2 N–H and O–H groups in total. The van der Waals surface area contributed by atoms with Crippen molar-refractivity contribution in [2.75, 3.05) is 0 Å². The number of carbonyl (C=O) groups excluding carboxylic acids is 1. The number of nitrogens with zero attached hydrogens (tertiary/aromatic N) is 1. The van der Waals surface area contributed by atoms with Crippen LogP contribution >= 0.6 is 15.9 Å². The van der Waals surface area contributed by atoms with Crippen molar-refractivity contribution >= 4 is 38.5 Å². The quantitative estimate of drug-likeness (QED) is 0.539. The van der Waals surface area contributed by atoms with Crippen LogP contribution in [-0.2, 0) is 0 Å². The molecule has 1 aromatic heterocycles. The van der Waals surface area contributed by atoms with Crippen molar-refractivity contribution in [2.24, 2.45) is 5.10 Å². The van der Waals surface area contributed by atoms with E-state index in [1.165, 1.54) is 0 Å². The first-order valence-electron chi connectivity index (χ1n) is 6.82. The van der Waals surface area contributed by atoms with Crippen molar-refractivity contribution in [1.82, 2.24) is 10.4 Å². The molecule has 0 aliphatic rings. The van der Waals surface area contributed by atoms with Crippen LogP contribution in [0, 0.1) is 0 Å². The summed E-state index contributed by atoms with van der Waals surface area (Å²) in [4.78, 5) is 15.3. The van der Waals surface area contributed by atoms with Crippen molar-refractivity contribution in [3.8, 4) is 0 Å². The Hall–Kier alpha value is -2.40. The van der Waals surface area contributed by atoms with Crippen LogP contribution < -0.4 is 5.43 Å². The van der Waals surface area contributed by atoms with E-state index in [2.05, 4.69) is 31.4 Å². The number of aromatic nitrogens is 1. The zero-order valence-electron chi connectivity index (χ0n) is 11.9. The Kier molecular flexibility index (Phi) is 4.06. The first kappa shape index (κ1) is 14.5. The summed E-state index contributed by atoms with van der Waals surface area (Å²) < 4.78 is 1.01. The number of para-hydroxylation sites is 1. The molecule has 0 bridgehead atoms. The molecule has 1 heterocycles. The van der Waals surface area contributed by atoms with Crippen LogP contribution in [-0.4, -0.2) is 16.6 Å². The number of aromatic amines is 1. The fourth-order valence-electron chi connectivity index (χ4n) is 2.21.